The summed E-state index contributed by atoms with van der Waals surface area (Å²) in [4.78, 5) is 0. The molecule has 1 saturated carbocycles. The van der Waals surface area contributed by atoms with E-state index in [1.807, 2.05) is 0 Å². The predicted molar refractivity (Wildman–Crippen MR) is 85.9 cm³/mol. The van der Waals surface area contributed by atoms with E-state index in [1.165, 1.54) is 40.7 Å². The number of rotatable bonds is 5. The lowest BCUT2D eigenvalue weighted by Crippen LogP contribution is -2.15. The lowest BCUT2D eigenvalue weighted by molar-refractivity contribution is 0.688. The van der Waals surface area contributed by atoms with Crippen molar-refractivity contribution in [2.24, 2.45) is 0 Å². The molecular weight excluding hydrogens is 242 g/mol. The van der Waals surface area contributed by atoms with Crippen LogP contribution in [0, 0.1) is 6.92 Å². The molecule has 0 saturated heterocycles. The van der Waals surface area contributed by atoms with Crippen molar-refractivity contribution in [1.29, 1.82) is 0 Å². The van der Waals surface area contributed by atoms with Gasteiger partial charge in [0, 0.05) is 12.6 Å². The highest BCUT2D eigenvalue weighted by Crippen LogP contribution is 2.27. The molecule has 1 N–H and O–H groups in total. The van der Waals surface area contributed by atoms with Gasteiger partial charge in [-0.2, -0.15) is 0 Å². The second kappa shape index (κ2) is 5.80. The highest BCUT2D eigenvalue weighted by Gasteiger charge is 2.20. The van der Waals surface area contributed by atoms with Crippen LogP contribution in [0.25, 0.3) is 11.1 Å². The van der Waals surface area contributed by atoms with Gasteiger partial charge in [-0.05, 0) is 48.4 Å². The van der Waals surface area contributed by atoms with Gasteiger partial charge >= 0.3 is 0 Å². The standard InChI is InChI=1S/C19H23N/c1-3-15-5-8-16(9-6-15)19-12-14(2)4-7-17(19)13-20-18-10-11-18/h4-9,12,18,20H,3,10-11,13H2,1-2H3. The molecular formula is C19H23N. The van der Waals surface area contributed by atoms with Gasteiger partial charge in [-0.3, -0.25) is 0 Å². The van der Waals surface area contributed by atoms with Crippen LogP contribution < -0.4 is 5.32 Å². The monoisotopic (exact) mass is 265 g/mol. The minimum absolute atomic E-state index is 0.756. The Morgan fingerprint density at radius 3 is 2.45 bits per heavy atom. The average Bonchev–Trinajstić information content (AvgIpc) is 3.30. The SMILES string of the molecule is CCc1ccc(-c2cc(C)ccc2CNC2CC2)cc1. The summed E-state index contributed by atoms with van der Waals surface area (Å²) in [6.45, 7) is 5.35. The molecule has 2 aromatic carbocycles. The van der Waals surface area contributed by atoms with Gasteiger partial charge in [-0.1, -0.05) is 55.0 Å². The van der Waals surface area contributed by atoms with Crippen molar-refractivity contribution >= 4 is 0 Å². The Morgan fingerprint density at radius 1 is 1.05 bits per heavy atom. The number of hydrogen-bond acceptors (Lipinski definition) is 1. The highest BCUT2D eigenvalue weighted by atomic mass is 14.9. The molecule has 0 bridgehead atoms. The van der Waals surface area contributed by atoms with E-state index in [1.54, 1.807) is 0 Å². The topological polar surface area (TPSA) is 12.0 Å². The lowest BCUT2D eigenvalue weighted by atomic mass is 9.96. The van der Waals surface area contributed by atoms with Crippen molar-refractivity contribution in [3.8, 4) is 11.1 Å². The molecule has 104 valence electrons. The zero-order valence-corrected chi connectivity index (χ0v) is 12.4. The summed E-state index contributed by atoms with van der Waals surface area (Å²) in [6.07, 6.45) is 3.78. The second-order valence-electron chi connectivity index (χ2n) is 5.87. The van der Waals surface area contributed by atoms with E-state index in [0.29, 0.717) is 0 Å². The van der Waals surface area contributed by atoms with Crippen LogP contribution in [0.3, 0.4) is 0 Å². The molecule has 0 unspecified atom stereocenters. The Kier molecular flexibility index (Phi) is 3.88. The Labute approximate surface area is 122 Å². The quantitative estimate of drug-likeness (QED) is 0.840. The summed E-state index contributed by atoms with van der Waals surface area (Å²) in [5.41, 5.74) is 6.85. The van der Waals surface area contributed by atoms with Crippen molar-refractivity contribution in [1.82, 2.24) is 5.32 Å². The van der Waals surface area contributed by atoms with Crippen LogP contribution in [0.15, 0.2) is 42.5 Å². The van der Waals surface area contributed by atoms with Crippen LogP contribution in [0.2, 0.25) is 0 Å². The Bertz CT molecular complexity index is 579. The molecule has 0 amide bonds. The second-order valence-corrected chi connectivity index (χ2v) is 5.87. The van der Waals surface area contributed by atoms with E-state index in [0.717, 1.165) is 19.0 Å². The van der Waals surface area contributed by atoms with Crippen molar-refractivity contribution in [2.45, 2.75) is 45.7 Å². The average molecular weight is 265 g/mol. The molecule has 0 spiro atoms. The fourth-order valence-electron chi connectivity index (χ4n) is 2.57. The summed E-state index contributed by atoms with van der Waals surface area (Å²) < 4.78 is 0. The van der Waals surface area contributed by atoms with Gasteiger partial charge in [0.25, 0.3) is 0 Å². The molecule has 3 rings (SSSR count). The molecule has 0 atom stereocenters. The number of hydrogen-bond donors (Lipinski definition) is 1. The third kappa shape index (κ3) is 3.10. The number of nitrogens with one attached hydrogen (secondary N) is 1. The molecule has 0 radical (unpaired) electrons. The minimum atomic E-state index is 0.756. The van der Waals surface area contributed by atoms with Crippen LogP contribution in [-0.2, 0) is 13.0 Å². The third-order valence-electron chi connectivity index (χ3n) is 4.10. The van der Waals surface area contributed by atoms with Gasteiger partial charge in [0.05, 0.1) is 0 Å². The minimum Gasteiger partial charge on any atom is -0.310 e. The van der Waals surface area contributed by atoms with E-state index >= 15 is 0 Å². The molecule has 0 heterocycles. The summed E-state index contributed by atoms with van der Waals surface area (Å²) in [5, 5.41) is 3.63. The van der Waals surface area contributed by atoms with E-state index < -0.39 is 0 Å². The zero-order valence-electron chi connectivity index (χ0n) is 12.4. The molecule has 1 aliphatic carbocycles. The molecule has 20 heavy (non-hydrogen) atoms. The lowest BCUT2D eigenvalue weighted by Gasteiger charge is -2.12. The maximum atomic E-state index is 3.63. The molecule has 1 fully saturated rings. The highest BCUT2D eigenvalue weighted by molar-refractivity contribution is 5.68. The summed E-state index contributed by atoms with van der Waals surface area (Å²) >= 11 is 0. The van der Waals surface area contributed by atoms with Crippen molar-refractivity contribution in [2.75, 3.05) is 0 Å². The first-order valence-electron chi connectivity index (χ1n) is 7.68. The van der Waals surface area contributed by atoms with Crippen LogP contribution >= 0.6 is 0 Å². The maximum absolute atomic E-state index is 3.63. The molecule has 1 heteroatoms. The Hall–Kier alpha value is -1.60. The fraction of sp³-hybridized carbons (Fsp3) is 0.368. The van der Waals surface area contributed by atoms with E-state index in [4.69, 9.17) is 0 Å². The Balaban J connectivity index is 1.89. The smallest absolute Gasteiger partial charge is 0.0214 e. The van der Waals surface area contributed by atoms with Gasteiger partial charge in [0.1, 0.15) is 0 Å². The molecule has 1 aliphatic rings. The largest absolute Gasteiger partial charge is 0.310 e. The number of benzene rings is 2. The van der Waals surface area contributed by atoms with Gasteiger partial charge in [0.2, 0.25) is 0 Å². The number of aryl methyl sites for hydroxylation is 2. The first-order valence-corrected chi connectivity index (χ1v) is 7.68. The molecule has 1 nitrogen and oxygen atoms in total. The van der Waals surface area contributed by atoms with Gasteiger partial charge in [-0.15, -0.1) is 0 Å². The van der Waals surface area contributed by atoms with Gasteiger partial charge in [-0.25, -0.2) is 0 Å². The maximum Gasteiger partial charge on any atom is 0.0214 e. The predicted octanol–water partition coefficient (Wildman–Crippen LogP) is 4.48. The summed E-state index contributed by atoms with van der Waals surface area (Å²) in [5.74, 6) is 0. The molecule has 0 aromatic heterocycles. The summed E-state index contributed by atoms with van der Waals surface area (Å²) in [6, 6.07) is 16.6. The van der Waals surface area contributed by atoms with Crippen molar-refractivity contribution in [3.05, 3.63) is 59.2 Å². The van der Waals surface area contributed by atoms with E-state index in [9.17, 15) is 0 Å². The molecule has 0 aliphatic heterocycles. The first kappa shape index (κ1) is 13.4. The first-order chi connectivity index (χ1) is 9.76. The van der Waals surface area contributed by atoms with Crippen LogP contribution in [0.5, 0.6) is 0 Å². The third-order valence-corrected chi connectivity index (χ3v) is 4.10. The van der Waals surface area contributed by atoms with Crippen LogP contribution in [0.4, 0.5) is 0 Å². The molecule has 2 aromatic rings. The Morgan fingerprint density at radius 2 is 1.80 bits per heavy atom. The van der Waals surface area contributed by atoms with Crippen molar-refractivity contribution in [3.63, 3.8) is 0 Å². The van der Waals surface area contributed by atoms with Gasteiger partial charge in [0.15, 0.2) is 0 Å². The summed E-state index contributed by atoms with van der Waals surface area (Å²) in [7, 11) is 0. The normalized spacial score (nSPS) is 14.5. The van der Waals surface area contributed by atoms with Crippen molar-refractivity contribution < 1.29 is 0 Å². The van der Waals surface area contributed by atoms with Crippen LogP contribution in [0.1, 0.15) is 36.5 Å². The fourth-order valence-corrected chi connectivity index (χ4v) is 2.57. The van der Waals surface area contributed by atoms with E-state index in [-0.39, 0.29) is 0 Å². The zero-order chi connectivity index (χ0) is 13.9. The van der Waals surface area contributed by atoms with E-state index in [2.05, 4.69) is 61.6 Å². The van der Waals surface area contributed by atoms with Crippen LogP contribution in [-0.4, -0.2) is 6.04 Å². The van der Waals surface area contributed by atoms with Gasteiger partial charge < -0.3 is 5.32 Å².